The first-order valence-corrected chi connectivity index (χ1v) is 5.94. The molecule has 14 heavy (non-hydrogen) atoms. The van der Waals surface area contributed by atoms with E-state index in [0.717, 1.165) is 17.7 Å². The molecule has 0 atom stereocenters. The van der Waals surface area contributed by atoms with Gasteiger partial charge in [0, 0.05) is 6.42 Å². The summed E-state index contributed by atoms with van der Waals surface area (Å²) in [6, 6.07) is 3.84. The van der Waals surface area contributed by atoms with Gasteiger partial charge in [-0.05, 0) is 29.7 Å². The zero-order chi connectivity index (χ0) is 10.6. The van der Waals surface area contributed by atoms with E-state index in [0.29, 0.717) is 17.6 Å². The number of thiophene rings is 1. The molecule has 0 radical (unpaired) electrons. The zero-order valence-corrected chi connectivity index (χ0v) is 9.99. The Balaban J connectivity index is 2.30. The maximum absolute atomic E-state index is 11.6. The van der Waals surface area contributed by atoms with Crippen molar-refractivity contribution in [1.82, 2.24) is 0 Å². The van der Waals surface area contributed by atoms with Crippen molar-refractivity contribution in [2.24, 2.45) is 5.41 Å². The van der Waals surface area contributed by atoms with Crippen LogP contribution in [-0.4, -0.2) is 5.78 Å². The zero-order valence-electron chi connectivity index (χ0n) is 9.17. The fourth-order valence-corrected chi connectivity index (χ4v) is 2.03. The van der Waals surface area contributed by atoms with E-state index in [-0.39, 0.29) is 0 Å². The molecule has 0 spiro atoms. The minimum Gasteiger partial charge on any atom is -0.293 e. The van der Waals surface area contributed by atoms with Gasteiger partial charge in [-0.1, -0.05) is 26.8 Å². The van der Waals surface area contributed by atoms with Crippen molar-refractivity contribution in [3.63, 3.8) is 0 Å². The molecule has 0 unspecified atom stereocenters. The predicted molar refractivity (Wildman–Crippen MR) is 62.0 cm³/mol. The highest BCUT2D eigenvalue weighted by molar-refractivity contribution is 7.12. The summed E-state index contributed by atoms with van der Waals surface area (Å²) in [4.78, 5) is 12.5. The summed E-state index contributed by atoms with van der Waals surface area (Å²) in [5, 5.41) is 1.96. The number of rotatable bonds is 4. The Bertz CT molecular complexity index is 280. The Kier molecular flexibility index (Phi) is 3.87. The molecule has 1 rings (SSSR count). The average molecular weight is 210 g/mol. The number of carbonyl (C=O) groups is 1. The molecule has 0 aliphatic rings. The van der Waals surface area contributed by atoms with E-state index in [2.05, 4.69) is 20.8 Å². The van der Waals surface area contributed by atoms with Gasteiger partial charge in [0.2, 0.25) is 0 Å². The van der Waals surface area contributed by atoms with Crippen LogP contribution in [0.25, 0.3) is 0 Å². The first-order valence-electron chi connectivity index (χ1n) is 5.06. The second-order valence-electron chi connectivity index (χ2n) is 4.81. The summed E-state index contributed by atoms with van der Waals surface area (Å²) in [6.07, 6.45) is 2.81. The van der Waals surface area contributed by atoms with Crippen LogP contribution in [-0.2, 0) is 0 Å². The summed E-state index contributed by atoms with van der Waals surface area (Å²) >= 11 is 1.54. The Morgan fingerprint density at radius 1 is 1.43 bits per heavy atom. The lowest BCUT2D eigenvalue weighted by Crippen LogP contribution is -2.06. The van der Waals surface area contributed by atoms with E-state index in [1.165, 1.54) is 11.3 Å². The highest BCUT2D eigenvalue weighted by Gasteiger charge is 2.12. The topological polar surface area (TPSA) is 17.1 Å². The van der Waals surface area contributed by atoms with E-state index >= 15 is 0 Å². The molecule has 0 fully saturated rings. The van der Waals surface area contributed by atoms with Gasteiger partial charge < -0.3 is 0 Å². The van der Waals surface area contributed by atoms with Crippen LogP contribution in [0.2, 0.25) is 0 Å². The maximum Gasteiger partial charge on any atom is 0.172 e. The molecule has 0 aliphatic heterocycles. The van der Waals surface area contributed by atoms with Crippen LogP contribution >= 0.6 is 11.3 Å². The minimum atomic E-state index is 0.296. The lowest BCUT2D eigenvalue weighted by molar-refractivity contribution is 0.0980. The van der Waals surface area contributed by atoms with Crippen molar-refractivity contribution in [3.05, 3.63) is 22.4 Å². The second-order valence-corrected chi connectivity index (χ2v) is 5.76. The fourth-order valence-electron chi connectivity index (χ4n) is 1.34. The maximum atomic E-state index is 11.6. The molecule has 1 nitrogen and oxygen atoms in total. The van der Waals surface area contributed by atoms with E-state index in [9.17, 15) is 4.79 Å². The van der Waals surface area contributed by atoms with Crippen LogP contribution < -0.4 is 0 Å². The monoisotopic (exact) mass is 210 g/mol. The van der Waals surface area contributed by atoms with Crippen LogP contribution in [0.1, 0.15) is 49.7 Å². The van der Waals surface area contributed by atoms with Gasteiger partial charge in [0.25, 0.3) is 0 Å². The molecule has 0 amide bonds. The molecule has 78 valence electrons. The summed E-state index contributed by atoms with van der Waals surface area (Å²) < 4.78 is 0. The molecule has 0 N–H and O–H groups in total. The van der Waals surface area contributed by atoms with Crippen molar-refractivity contribution in [2.75, 3.05) is 0 Å². The Labute approximate surface area is 90.2 Å². The molecular formula is C12H18OS. The molecule has 1 aromatic rings. The fraction of sp³-hybridized carbons (Fsp3) is 0.583. The van der Waals surface area contributed by atoms with E-state index in [1.807, 2.05) is 17.5 Å². The predicted octanol–water partition coefficient (Wildman–Crippen LogP) is 4.15. The SMILES string of the molecule is CC(C)(C)CCCC(=O)c1cccs1. The third-order valence-electron chi connectivity index (χ3n) is 2.13. The molecule has 1 heterocycles. The molecule has 0 saturated carbocycles. The van der Waals surface area contributed by atoms with Crippen LogP contribution in [0.3, 0.4) is 0 Å². The minimum absolute atomic E-state index is 0.296. The van der Waals surface area contributed by atoms with E-state index < -0.39 is 0 Å². The lowest BCUT2D eigenvalue weighted by Gasteiger charge is -2.16. The molecule has 0 aromatic carbocycles. The normalized spacial score (nSPS) is 11.6. The number of Topliss-reactive ketones (excluding diaryl/α,β-unsaturated/α-hetero) is 1. The summed E-state index contributed by atoms with van der Waals surface area (Å²) in [7, 11) is 0. The van der Waals surface area contributed by atoms with Gasteiger partial charge in [0.1, 0.15) is 0 Å². The average Bonchev–Trinajstić information content (AvgIpc) is 2.53. The van der Waals surface area contributed by atoms with Gasteiger partial charge in [0.15, 0.2) is 5.78 Å². The highest BCUT2D eigenvalue weighted by atomic mass is 32.1. The van der Waals surface area contributed by atoms with Crippen LogP contribution in [0.5, 0.6) is 0 Å². The quantitative estimate of drug-likeness (QED) is 0.682. The first kappa shape index (κ1) is 11.4. The Morgan fingerprint density at radius 3 is 2.64 bits per heavy atom. The second kappa shape index (κ2) is 4.74. The van der Waals surface area contributed by atoms with Crippen molar-refractivity contribution in [1.29, 1.82) is 0 Å². The highest BCUT2D eigenvalue weighted by Crippen LogP contribution is 2.22. The molecular weight excluding hydrogens is 192 g/mol. The molecule has 1 aromatic heterocycles. The summed E-state index contributed by atoms with van der Waals surface area (Å²) in [5.74, 6) is 0.296. The first-order chi connectivity index (χ1) is 6.49. The third-order valence-corrected chi connectivity index (χ3v) is 3.04. The van der Waals surface area contributed by atoms with Gasteiger partial charge in [-0.25, -0.2) is 0 Å². The molecule has 0 aliphatic carbocycles. The smallest absolute Gasteiger partial charge is 0.172 e. The van der Waals surface area contributed by atoms with Crippen molar-refractivity contribution < 1.29 is 4.79 Å². The van der Waals surface area contributed by atoms with Gasteiger partial charge in [-0.2, -0.15) is 0 Å². The summed E-state index contributed by atoms with van der Waals surface area (Å²) in [6.45, 7) is 6.63. The summed E-state index contributed by atoms with van der Waals surface area (Å²) in [5.41, 5.74) is 0.343. The molecule has 0 saturated heterocycles. The van der Waals surface area contributed by atoms with Crippen LogP contribution in [0.15, 0.2) is 17.5 Å². The van der Waals surface area contributed by atoms with Crippen molar-refractivity contribution in [2.45, 2.75) is 40.0 Å². The van der Waals surface area contributed by atoms with Crippen molar-refractivity contribution in [3.8, 4) is 0 Å². The van der Waals surface area contributed by atoms with Crippen LogP contribution in [0, 0.1) is 5.41 Å². The molecule has 2 heteroatoms. The van der Waals surface area contributed by atoms with Crippen molar-refractivity contribution >= 4 is 17.1 Å². The molecule has 0 bridgehead atoms. The Morgan fingerprint density at radius 2 is 2.14 bits per heavy atom. The number of hydrogen-bond donors (Lipinski definition) is 0. The number of carbonyl (C=O) groups excluding carboxylic acids is 1. The standard InChI is InChI=1S/C12H18OS/c1-12(2,3)8-4-6-10(13)11-7-5-9-14-11/h5,7,9H,4,6,8H2,1-3H3. The lowest BCUT2D eigenvalue weighted by atomic mass is 9.89. The number of ketones is 1. The largest absolute Gasteiger partial charge is 0.293 e. The van der Waals surface area contributed by atoms with E-state index in [1.54, 1.807) is 0 Å². The van der Waals surface area contributed by atoms with Gasteiger partial charge in [-0.15, -0.1) is 11.3 Å². The third kappa shape index (κ3) is 4.05. The van der Waals surface area contributed by atoms with Gasteiger partial charge >= 0.3 is 0 Å². The van der Waals surface area contributed by atoms with Crippen LogP contribution in [0.4, 0.5) is 0 Å². The van der Waals surface area contributed by atoms with E-state index in [4.69, 9.17) is 0 Å². The Hall–Kier alpha value is -0.630. The van der Waals surface area contributed by atoms with Gasteiger partial charge in [0.05, 0.1) is 4.88 Å². The number of hydrogen-bond acceptors (Lipinski definition) is 2. The van der Waals surface area contributed by atoms with Gasteiger partial charge in [-0.3, -0.25) is 4.79 Å².